The van der Waals surface area contributed by atoms with Gasteiger partial charge in [-0.15, -0.1) is 0 Å². The Hall–Kier alpha value is -5.16. The molecule has 47 heavy (non-hydrogen) atoms. The third-order valence-corrected chi connectivity index (χ3v) is 7.75. The summed E-state index contributed by atoms with van der Waals surface area (Å²) in [7, 11) is -4.82. The van der Waals surface area contributed by atoms with Crippen molar-refractivity contribution < 1.29 is 46.4 Å². The number of para-hydroxylation sites is 1. The van der Waals surface area contributed by atoms with Gasteiger partial charge in [0.25, 0.3) is 5.91 Å². The Bertz CT molecular complexity index is 2000. The molecule has 0 saturated carbocycles. The number of carbonyl (C=O) groups excluding carboxylic acids is 2. The van der Waals surface area contributed by atoms with Crippen LogP contribution in [0.1, 0.15) is 15.9 Å². The number of benzene rings is 3. The van der Waals surface area contributed by atoms with Crippen molar-refractivity contribution in [3.63, 3.8) is 0 Å². The van der Waals surface area contributed by atoms with Gasteiger partial charge in [0.2, 0.25) is 12.7 Å². The number of H-pyrrole nitrogens is 2. The molecular formula is C28H26F3N8O7P. The fourth-order valence-corrected chi connectivity index (χ4v) is 5.29. The number of nitrogens with zero attached hydrogens (tertiary/aromatic N) is 4. The highest BCUT2D eigenvalue weighted by atomic mass is 31.2. The number of piperazine rings is 1. The molecule has 5 aromatic rings. The molecule has 1 aliphatic heterocycles. The molecule has 0 unspecified atom stereocenters. The summed E-state index contributed by atoms with van der Waals surface area (Å²) in [5.74, 6) is -0.460. The molecule has 19 heteroatoms. The molecule has 1 fully saturated rings. The van der Waals surface area contributed by atoms with Crippen LogP contribution in [0.2, 0.25) is 0 Å². The Morgan fingerprint density at radius 2 is 1.79 bits per heavy atom. The lowest BCUT2D eigenvalue weighted by Crippen LogP contribution is -2.49. The van der Waals surface area contributed by atoms with Crippen molar-refractivity contribution in [3.05, 3.63) is 71.9 Å². The maximum atomic E-state index is 13.7. The lowest BCUT2D eigenvalue weighted by molar-refractivity contribution is -0.136. The van der Waals surface area contributed by atoms with E-state index in [1.54, 1.807) is 36.5 Å². The monoisotopic (exact) mass is 674 g/mol. The quantitative estimate of drug-likeness (QED) is 0.0979. The van der Waals surface area contributed by atoms with Crippen molar-refractivity contribution in [2.45, 2.75) is 6.18 Å². The molecule has 246 valence electrons. The minimum Gasteiger partial charge on any atom is -0.422 e. The number of rotatable bonds is 8. The van der Waals surface area contributed by atoms with E-state index >= 15 is 0 Å². The molecule has 3 aromatic carbocycles. The van der Waals surface area contributed by atoms with Crippen LogP contribution in [-0.2, 0) is 20.0 Å². The van der Waals surface area contributed by atoms with Gasteiger partial charge in [-0.25, -0.2) is 18.9 Å². The van der Waals surface area contributed by atoms with Crippen LogP contribution < -0.4 is 15.5 Å². The molecule has 3 heterocycles. The van der Waals surface area contributed by atoms with Crippen LogP contribution in [0, 0.1) is 0 Å². The second-order valence-electron chi connectivity index (χ2n) is 10.4. The predicted octanol–water partition coefficient (Wildman–Crippen LogP) is 4.78. The van der Waals surface area contributed by atoms with Gasteiger partial charge < -0.3 is 39.9 Å². The number of imidazole rings is 1. The SMILES string of the molecule is O=C(Nc1ccc2cn[nH]c2c1)c1cc2[nH]c(Nc3ccccc3C(F)(F)F)nc2cc1N1CCN(C(=O)OCOP(=O)(O)O)CC1. The number of carbonyl (C=O) groups is 2. The van der Waals surface area contributed by atoms with Gasteiger partial charge in [-0.1, -0.05) is 12.1 Å². The van der Waals surface area contributed by atoms with Crippen molar-refractivity contribution >= 4 is 64.8 Å². The highest BCUT2D eigenvalue weighted by Crippen LogP contribution is 2.37. The molecule has 0 aliphatic carbocycles. The third-order valence-electron chi connectivity index (χ3n) is 7.31. The zero-order chi connectivity index (χ0) is 33.3. The van der Waals surface area contributed by atoms with Gasteiger partial charge >= 0.3 is 20.1 Å². The first-order chi connectivity index (χ1) is 22.3. The number of hydrogen-bond acceptors (Lipinski definition) is 9. The summed E-state index contributed by atoms with van der Waals surface area (Å²) in [4.78, 5) is 54.2. The van der Waals surface area contributed by atoms with Crippen LogP contribution in [0.15, 0.2) is 60.8 Å². The number of phosphoric ester groups is 1. The summed E-state index contributed by atoms with van der Waals surface area (Å²) in [6.45, 7) is -0.209. The Balaban J connectivity index is 1.27. The summed E-state index contributed by atoms with van der Waals surface area (Å²) in [6.07, 6.45) is -3.80. The van der Waals surface area contributed by atoms with Gasteiger partial charge in [-0.05, 0) is 42.5 Å². The van der Waals surface area contributed by atoms with Gasteiger partial charge in [-0.3, -0.25) is 9.89 Å². The molecule has 0 radical (unpaired) electrons. The fourth-order valence-electron chi connectivity index (χ4n) is 5.10. The molecule has 1 saturated heterocycles. The number of aromatic amines is 2. The van der Waals surface area contributed by atoms with Gasteiger partial charge in [0.15, 0.2) is 0 Å². The van der Waals surface area contributed by atoms with E-state index < -0.39 is 38.4 Å². The van der Waals surface area contributed by atoms with E-state index in [1.165, 1.54) is 23.1 Å². The first-order valence-corrected chi connectivity index (χ1v) is 15.5. The smallest absolute Gasteiger partial charge is 0.422 e. The Morgan fingerprint density at radius 1 is 1.02 bits per heavy atom. The first-order valence-electron chi connectivity index (χ1n) is 13.9. The standard InChI is InChI=1S/C28H26F3N8O7P/c29-28(30,31)19-3-1-2-4-20(19)34-26-35-22-12-18(25(40)33-17-6-5-16-14-32-37-21(16)11-17)24(13-23(22)36-26)38-7-9-39(10-8-38)27(41)45-15-46-47(42,43)44/h1-6,11-14H,7-10,15H2,(H,32,37)(H,33,40)(H2,34,35,36)(H2,42,43,44). The minimum atomic E-state index is -4.82. The average molecular weight is 675 g/mol. The summed E-state index contributed by atoms with van der Waals surface area (Å²) in [5, 5.41) is 13.2. The van der Waals surface area contributed by atoms with Crippen LogP contribution in [-0.4, -0.2) is 79.8 Å². The number of nitrogens with one attached hydrogen (secondary N) is 4. The molecule has 0 bridgehead atoms. The summed E-state index contributed by atoms with van der Waals surface area (Å²) >= 11 is 0. The number of hydrogen-bond donors (Lipinski definition) is 6. The van der Waals surface area contributed by atoms with Crippen LogP contribution >= 0.6 is 7.82 Å². The number of aromatic nitrogens is 4. The lowest BCUT2D eigenvalue weighted by Gasteiger charge is -2.36. The van der Waals surface area contributed by atoms with E-state index in [9.17, 15) is 27.3 Å². The van der Waals surface area contributed by atoms with Crippen molar-refractivity contribution in [1.82, 2.24) is 25.1 Å². The number of fused-ring (bicyclic) bond motifs is 2. The summed E-state index contributed by atoms with van der Waals surface area (Å²) in [6, 6.07) is 13.4. The first kappa shape index (κ1) is 31.8. The molecule has 1 aliphatic rings. The van der Waals surface area contributed by atoms with Gasteiger partial charge in [0.05, 0.1) is 45.2 Å². The van der Waals surface area contributed by atoms with Crippen LogP contribution in [0.25, 0.3) is 21.9 Å². The van der Waals surface area contributed by atoms with Crippen molar-refractivity contribution in [2.24, 2.45) is 0 Å². The second-order valence-corrected chi connectivity index (χ2v) is 11.6. The molecule has 2 aromatic heterocycles. The molecule has 6 rings (SSSR count). The van der Waals surface area contributed by atoms with Gasteiger partial charge in [0, 0.05) is 37.3 Å². The van der Waals surface area contributed by atoms with E-state index in [-0.39, 0.29) is 43.4 Å². The summed E-state index contributed by atoms with van der Waals surface area (Å²) < 4.78 is 60.6. The largest absolute Gasteiger partial charge is 0.472 e. The summed E-state index contributed by atoms with van der Waals surface area (Å²) in [5.41, 5.74) is 1.51. The van der Waals surface area contributed by atoms with Crippen molar-refractivity contribution in [1.29, 1.82) is 0 Å². The maximum absolute atomic E-state index is 13.7. The van der Waals surface area contributed by atoms with Crippen molar-refractivity contribution in [3.8, 4) is 0 Å². The molecule has 0 atom stereocenters. The number of alkyl halides is 3. The van der Waals surface area contributed by atoms with Crippen LogP contribution in [0.3, 0.4) is 0 Å². The number of amides is 2. The van der Waals surface area contributed by atoms with E-state index in [0.717, 1.165) is 11.5 Å². The third kappa shape index (κ3) is 7.30. The molecule has 15 nitrogen and oxygen atoms in total. The Morgan fingerprint density at radius 3 is 2.53 bits per heavy atom. The average Bonchev–Trinajstić information content (AvgIpc) is 3.65. The zero-order valence-corrected chi connectivity index (χ0v) is 25.0. The highest BCUT2D eigenvalue weighted by Gasteiger charge is 2.33. The molecule has 0 spiro atoms. The lowest BCUT2D eigenvalue weighted by atomic mass is 10.1. The maximum Gasteiger partial charge on any atom is 0.472 e. The van der Waals surface area contributed by atoms with E-state index in [1.807, 2.05) is 4.90 Å². The molecule has 2 amide bonds. The number of anilines is 4. The zero-order valence-electron chi connectivity index (χ0n) is 24.1. The normalized spacial score (nSPS) is 14.1. The van der Waals surface area contributed by atoms with Crippen LogP contribution in [0.4, 0.5) is 41.0 Å². The van der Waals surface area contributed by atoms with Gasteiger partial charge in [-0.2, -0.15) is 18.3 Å². The highest BCUT2D eigenvalue weighted by molar-refractivity contribution is 7.46. The van der Waals surface area contributed by atoms with Crippen molar-refractivity contribution in [2.75, 3.05) is 48.5 Å². The second kappa shape index (κ2) is 12.6. The van der Waals surface area contributed by atoms with E-state index in [4.69, 9.17) is 14.5 Å². The predicted molar refractivity (Wildman–Crippen MR) is 163 cm³/mol. The number of ether oxygens (including phenoxy) is 1. The van der Waals surface area contributed by atoms with E-state index in [0.29, 0.717) is 27.9 Å². The number of phosphoric acid groups is 1. The van der Waals surface area contributed by atoms with E-state index in [2.05, 4.69) is 35.3 Å². The number of halogens is 3. The fraction of sp³-hybridized carbons (Fsp3) is 0.214. The Labute approximate surface area is 262 Å². The molecule has 6 N–H and O–H groups in total. The van der Waals surface area contributed by atoms with Gasteiger partial charge in [0.1, 0.15) is 0 Å². The molecular weight excluding hydrogens is 648 g/mol. The van der Waals surface area contributed by atoms with Crippen LogP contribution in [0.5, 0.6) is 0 Å². The Kier molecular flexibility index (Phi) is 8.50. The topological polar surface area (TPSA) is 198 Å². The minimum absolute atomic E-state index is 0.0231.